The van der Waals surface area contributed by atoms with E-state index in [0.29, 0.717) is 24.7 Å². The van der Waals surface area contributed by atoms with Crippen LogP contribution in [0.2, 0.25) is 0 Å². The highest BCUT2D eigenvalue weighted by Gasteiger charge is 2.25. The summed E-state index contributed by atoms with van der Waals surface area (Å²) < 4.78 is 5.77. The van der Waals surface area contributed by atoms with Gasteiger partial charge in [-0.2, -0.15) is 0 Å². The number of carbonyl (C=O) groups is 1. The molecule has 0 aliphatic carbocycles. The van der Waals surface area contributed by atoms with Crippen LogP contribution >= 0.6 is 0 Å². The third-order valence-electron chi connectivity index (χ3n) is 4.25. The van der Waals surface area contributed by atoms with E-state index in [2.05, 4.69) is 35.9 Å². The minimum absolute atomic E-state index is 0.0335. The predicted molar refractivity (Wildman–Crippen MR) is 95.7 cm³/mol. The van der Waals surface area contributed by atoms with Crippen molar-refractivity contribution in [2.24, 2.45) is 5.41 Å². The Hall–Kier alpha value is -2.21. The lowest BCUT2D eigenvalue weighted by Gasteiger charge is -2.35. The fourth-order valence-electron chi connectivity index (χ4n) is 2.93. The van der Waals surface area contributed by atoms with Crippen LogP contribution in [-0.2, 0) is 11.3 Å². The van der Waals surface area contributed by atoms with Gasteiger partial charge in [-0.15, -0.1) is 10.2 Å². The van der Waals surface area contributed by atoms with Crippen LogP contribution in [0.15, 0.2) is 34.7 Å². The van der Waals surface area contributed by atoms with E-state index in [1.807, 2.05) is 35.2 Å². The molecule has 25 heavy (non-hydrogen) atoms. The van der Waals surface area contributed by atoms with E-state index in [4.69, 9.17) is 4.42 Å². The summed E-state index contributed by atoms with van der Waals surface area (Å²) in [5.41, 5.74) is 0.963. The maximum Gasteiger partial charge on any atom is 0.247 e. The molecule has 1 aromatic carbocycles. The second-order valence-corrected chi connectivity index (χ2v) is 7.76. The molecule has 1 fully saturated rings. The van der Waals surface area contributed by atoms with E-state index in [0.717, 1.165) is 31.7 Å². The van der Waals surface area contributed by atoms with Gasteiger partial charge in [0.15, 0.2) is 0 Å². The highest BCUT2D eigenvalue weighted by atomic mass is 16.4. The van der Waals surface area contributed by atoms with Crippen LogP contribution < -0.4 is 0 Å². The molecule has 0 spiro atoms. The number of hydrogen-bond donors (Lipinski definition) is 0. The summed E-state index contributed by atoms with van der Waals surface area (Å²) >= 11 is 0. The molecule has 6 heteroatoms. The molecule has 1 amide bonds. The van der Waals surface area contributed by atoms with Gasteiger partial charge in [0.25, 0.3) is 0 Å². The predicted octanol–water partition coefficient (Wildman–Crippen LogP) is 2.82. The quantitative estimate of drug-likeness (QED) is 0.855. The number of carbonyl (C=O) groups excluding carboxylic acids is 1. The highest BCUT2D eigenvalue weighted by Crippen LogP contribution is 2.21. The molecule has 6 nitrogen and oxygen atoms in total. The second kappa shape index (κ2) is 7.35. The first-order valence-electron chi connectivity index (χ1n) is 8.79. The molecule has 0 unspecified atom stereocenters. The van der Waals surface area contributed by atoms with Gasteiger partial charge in [0.1, 0.15) is 0 Å². The minimum Gasteiger partial charge on any atom is -0.419 e. The van der Waals surface area contributed by atoms with Crippen LogP contribution in [0.5, 0.6) is 0 Å². The second-order valence-electron chi connectivity index (χ2n) is 7.76. The maximum absolute atomic E-state index is 12.3. The van der Waals surface area contributed by atoms with Gasteiger partial charge in [0.2, 0.25) is 17.7 Å². The fraction of sp³-hybridized carbons (Fsp3) is 0.526. The fourth-order valence-corrected chi connectivity index (χ4v) is 2.93. The minimum atomic E-state index is 0.0335. The Morgan fingerprint density at radius 2 is 1.76 bits per heavy atom. The number of aromatic nitrogens is 2. The van der Waals surface area contributed by atoms with Gasteiger partial charge in [0.05, 0.1) is 6.54 Å². The lowest BCUT2D eigenvalue weighted by Crippen LogP contribution is -2.48. The summed E-state index contributed by atoms with van der Waals surface area (Å²) in [4.78, 5) is 16.5. The molecule has 0 radical (unpaired) electrons. The van der Waals surface area contributed by atoms with E-state index < -0.39 is 0 Å². The van der Waals surface area contributed by atoms with Crippen molar-refractivity contribution in [3.05, 3.63) is 36.2 Å². The summed E-state index contributed by atoms with van der Waals surface area (Å²) in [7, 11) is 0. The number of piperazine rings is 1. The first kappa shape index (κ1) is 17.6. The Morgan fingerprint density at radius 3 is 2.40 bits per heavy atom. The molecule has 134 valence electrons. The molecule has 2 heterocycles. The topological polar surface area (TPSA) is 62.5 Å². The van der Waals surface area contributed by atoms with Gasteiger partial charge in [0, 0.05) is 38.2 Å². The van der Waals surface area contributed by atoms with Crippen molar-refractivity contribution in [1.29, 1.82) is 0 Å². The molecule has 0 bridgehead atoms. The number of rotatable bonds is 4. The van der Waals surface area contributed by atoms with E-state index in [9.17, 15) is 4.79 Å². The van der Waals surface area contributed by atoms with Gasteiger partial charge in [-0.25, -0.2) is 0 Å². The largest absolute Gasteiger partial charge is 0.419 e. The first-order valence-corrected chi connectivity index (χ1v) is 8.79. The van der Waals surface area contributed by atoms with E-state index in [1.165, 1.54) is 0 Å². The average molecular weight is 342 g/mol. The standard InChI is InChI=1S/C19H26N4O2/c1-19(2,3)13-17(24)23-11-9-22(10-12-23)14-16-20-21-18(25-16)15-7-5-4-6-8-15/h4-8H,9-14H2,1-3H3. The average Bonchev–Trinajstić information content (AvgIpc) is 3.03. The number of nitrogens with zero attached hydrogens (tertiary/aromatic N) is 4. The van der Waals surface area contributed by atoms with E-state index in [-0.39, 0.29) is 11.3 Å². The van der Waals surface area contributed by atoms with Gasteiger partial charge in [-0.1, -0.05) is 39.0 Å². The van der Waals surface area contributed by atoms with Crippen molar-refractivity contribution >= 4 is 5.91 Å². The first-order chi connectivity index (χ1) is 11.9. The Bertz CT molecular complexity index is 698. The van der Waals surface area contributed by atoms with Crippen molar-refractivity contribution in [2.75, 3.05) is 26.2 Å². The van der Waals surface area contributed by atoms with Crippen LogP contribution in [0.3, 0.4) is 0 Å². The van der Waals surface area contributed by atoms with Gasteiger partial charge >= 0.3 is 0 Å². The van der Waals surface area contributed by atoms with Crippen LogP contribution in [0.1, 0.15) is 33.1 Å². The molecule has 1 aliphatic rings. The highest BCUT2D eigenvalue weighted by molar-refractivity contribution is 5.76. The van der Waals surface area contributed by atoms with Crippen molar-refractivity contribution in [3.8, 4) is 11.5 Å². The molecule has 1 saturated heterocycles. The third kappa shape index (κ3) is 4.89. The van der Waals surface area contributed by atoms with Gasteiger partial charge < -0.3 is 9.32 Å². The molecule has 0 saturated carbocycles. The molecular weight excluding hydrogens is 316 g/mol. The zero-order chi connectivity index (χ0) is 17.9. The Morgan fingerprint density at radius 1 is 1.08 bits per heavy atom. The third-order valence-corrected chi connectivity index (χ3v) is 4.25. The normalized spacial score (nSPS) is 16.2. The van der Waals surface area contributed by atoms with Crippen LogP contribution in [0, 0.1) is 5.41 Å². The summed E-state index contributed by atoms with van der Waals surface area (Å²) in [5.74, 6) is 1.42. The molecule has 0 atom stereocenters. The number of amides is 1. The van der Waals surface area contributed by atoms with E-state index in [1.54, 1.807) is 0 Å². The van der Waals surface area contributed by atoms with Crippen molar-refractivity contribution in [3.63, 3.8) is 0 Å². The lowest BCUT2D eigenvalue weighted by atomic mass is 9.91. The van der Waals surface area contributed by atoms with Crippen molar-refractivity contribution < 1.29 is 9.21 Å². The van der Waals surface area contributed by atoms with E-state index >= 15 is 0 Å². The smallest absolute Gasteiger partial charge is 0.247 e. The van der Waals surface area contributed by atoms with Gasteiger partial charge in [-0.05, 0) is 17.5 Å². The Balaban J connectivity index is 1.51. The molecule has 1 aliphatic heterocycles. The molecule has 1 aromatic heterocycles. The zero-order valence-corrected chi connectivity index (χ0v) is 15.2. The number of benzene rings is 1. The monoisotopic (exact) mass is 342 g/mol. The molecule has 3 rings (SSSR count). The molecule has 2 aromatic rings. The Kier molecular flexibility index (Phi) is 5.18. The van der Waals surface area contributed by atoms with Crippen LogP contribution in [0.25, 0.3) is 11.5 Å². The molecular formula is C19H26N4O2. The summed E-state index contributed by atoms with van der Waals surface area (Å²) in [6.45, 7) is 10.1. The van der Waals surface area contributed by atoms with Gasteiger partial charge in [-0.3, -0.25) is 9.69 Å². The summed E-state index contributed by atoms with van der Waals surface area (Å²) in [5, 5.41) is 8.28. The maximum atomic E-state index is 12.3. The Labute approximate surface area is 148 Å². The molecule has 0 N–H and O–H groups in total. The SMILES string of the molecule is CC(C)(C)CC(=O)N1CCN(Cc2nnc(-c3ccccc3)o2)CC1. The lowest BCUT2D eigenvalue weighted by molar-refractivity contribution is -0.134. The summed E-state index contributed by atoms with van der Waals surface area (Å²) in [6, 6.07) is 9.77. The van der Waals surface area contributed by atoms with Crippen LogP contribution in [0.4, 0.5) is 0 Å². The van der Waals surface area contributed by atoms with Crippen molar-refractivity contribution in [1.82, 2.24) is 20.0 Å². The van der Waals surface area contributed by atoms with Crippen LogP contribution in [-0.4, -0.2) is 52.1 Å². The van der Waals surface area contributed by atoms with Crippen molar-refractivity contribution in [2.45, 2.75) is 33.7 Å². The number of hydrogen-bond acceptors (Lipinski definition) is 5. The zero-order valence-electron chi connectivity index (χ0n) is 15.2. The summed E-state index contributed by atoms with van der Waals surface area (Å²) in [6.07, 6.45) is 0.594.